The summed E-state index contributed by atoms with van der Waals surface area (Å²) in [4.78, 5) is 62.5. The van der Waals surface area contributed by atoms with Crippen LogP contribution in [0.2, 0.25) is 5.02 Å². The summed E-state index contributed by atoms with van der Waals surface area (Å²) in [6.45, 7) is 1.17. The molecule has 2 heterocycles. The normalized spacial score (nSPS) is 18.4. The minimum Gasteiger partial charge on any atom is -0.346 e. The number of carbonyl (C=O) groups is 4. The summed E-state index contributed by atoms with van der Waals surface area (Å²) in [5, 5.41) is 2.48. The second-order valence-corrected chi connectivity index (χ2v) is 10.2. The Morgan fingerprint density at radius 1 is 1.18 bits per heavy atom. The number of nitrogens with zero attached hydrogens (tertiary/aromatic N) is 2. The van der Waals surface area contributed by atoms with E-state index in [0.717, 1.165) is 17.0 Å². The maximum absolute atomic E-state index is 14.6. The highest BCUT2D eigenvalue weighted by atomic mass is 35.5. The van der Waals surface area contributed by atoms with Crippen LogP contribution in [0.15, 0.2) is 42.5 Å². The first-order chi connectivity index (χ1) is 18.5. The van der Waals surface area contributed by atoms with Gasteiger partial charge in [0.05, 0.1) is 6.61 Å². The van der Waals surface area contributed by atoms with E-state index >= 15 is 0 Å². The molecule has 0 aromatic heterocycles. The molecule has 10 nitrogen and oxygen atoms in total. The molecular formula is C25H25ClF2N3O7P. The number of carbonyl (C=O) groups excluding carboxylic acids is 4. The summed E-state index contributed by atoms with van der Waals surface area (Å²) in [5.74, 6) is -6.80. The molecule has 1 saturated heterocycles. The van der Waals surface area contributed by atoms with Gasteiger partial charge in [-0.15, -0.1) is 0 Å². The zero-order valence-electron chi connectivity index (χ0n) is 20.7. The molecule has 2 atom stereocenters. The van der Waals surface area contributed by atoms with Crippen LogP contribution in [0.3, 0.4) is 0 Å². The molecule has 2 N–H and O–H groups in total. The minimum absolute atomic E-state index is 0.00298. The molecule has 2 aromatic rings. The van der Waals surface area contributed by atoms with Crippen molar-refractivity contribution >= 4 is 43.8 Å². The summed E-state index contributed by atoms with van der Waals surface area (Å²) >= 11 is 5.73. The summed E-state index contributed by atoms with van der Waals surface area (Å²) in [6.07, 6.45) is 0.118. The van der Waals surface area contributed by atoms with Gasteiger partial charge in [0.25, 0.3) is 17.7 Å². The molecule has 2 aromatic carbocycles. The van der Waals surface area contributed by atoms with Crippen LogP contribution < -0.4 is 5.32 Å². The predicted molar refractivity (Wildman–Crippen MR) is 135 cm³/mol. The van der Waals surface area contributed by atoms with Crippen LogP contribution in [0, 0.1) is 0 Å². The highest BCUT2D eigenvalue weighted by Gasteiger charge is 2.43. The average molecular weight is 584 g/mol. The topological polar surface area (TPSA) is 125 Å². The lowest BCUT2D eigenvalue weighted by Crippen LogP contribution is -2.55. The van der Waals surface area contributed by atoms with Gasteiger partial charge >= 0.3 is 14.5 Å². The Balaban J connectivity index is 1.40. The third kappa shape index (κ3) is 6.26. The van der Waals surface area contributed by atoms with Gasteiger partial charge in [0.15, 0.2) is 0 Å². The second kappa shape index (κ2) is 12.0. The van der Waals surface area contributed by atoms with Crippen LogP contribution in [0.5, 0.6) is 0 Å². The summed E-state index contributed by atoms with van der Waals surface area (Å²) in [6, 6.07) is 8.41. The molecule has 1 fully saturated rings. The fraction of sp³-hybridized carbons (Fsp3) is 0.360. The number of hydrogen-bond donors (Lipinski definition) is 2. The standard InChI is InChI=1S/C25H25ClF2N3O7P/c1-2-37-39(36)38-14-31-21(32)10-9-20(23(31)34)30-13-16-11-15(3-8-19(16)22(30)33)12-29-24(35)25(27,28)17-4-6-18(26)7-5-17/h3-8,11,20,36H,2,9-10,12-14H2,1H3,(H,29,35). The van der Waals surface area contributed by atoms with Crippen molar-refractivity contribution in [2.24, 2.45) is 0 Å². The zero-order valence-corrected chi connectivity index (χ0v) is 22.4. The van der Waals surface area contributed by atoms with Gasteiger partial charge < -0.3 is 19.6 Å². The van der Waals surface area contributed by atoms with E-state index in [1.54, 1.807) is 13.0 Å². The SMILES string of the molecule is CCOP(O)OCN1C(=O)CCC(N2Cc3cc(CNC(=O)C(F)(F)c4ccc(Cl)cc4)ccc3C2=O)C1=O. The minimum atomic E-state index is -3.78. The lowest BCUT2D eigenvalue weighted by molar-refractivity contribution is -0.156. The molecule has 2 aliphatic heterocycles. The van der Waals surface area contributed by atoms with Gasteiger partial charge in [0.2, 0.25) is 5.91 Å². The number of rotatable bonds is 10. The number of piperidine rings is 1. The largest absolute Gasteiger partial charge is 0.349 e. The van der Waals surface area contributed by atoms with Crippen LogP contribution in [0.1, 0.15) is 46.8 Å². The molecule has 0 spiro atoms. The fourth-order valence-electron chi connectivity index (χ4n) is 4.34. The number of benzene rings is 2. The van der Waals surface area contributed by atoms with Crippen molar-refractivity contribution in [1.82, 2.24) is 15.1 Å². The third-order valence-corrected chi connectivity index (χ3v) is 7.41. The Hall–Kier alpha value is -3.02. The molecule has 2 unspecified atom stereocenters. The number of likely N-dealkylation sites (tertiary alicyclic amines) is 1. The van der Waals surface area contributed by atoms with E-state index in [1.165, 1.54) is 29.2 Å². The van der Waals surface area contributed by atoms with E-state index in [1.807, 2.05) is 0 Å². The number of halogens is 3. The predicted octanol–water partition coefficient (Wildman–Crippen LogP) is 3.45. The Bertz CT molecular complexity index is 1280. The van der Waals surface area contributed by atoms with E-state index in [2.05, 4.69) is 5.32 Å². The van der Waals surface area contributed by atoms with Gasteiger partial charge in [0, 0.05) is 35.7 Å². The maximum atomic E-state index is 14.6. The highest BCUT2D eigenvalue weighted by Crippen LogP contribution is 2.34. The molecule has 4 rings (SSSR count). The monoisotopic (exact) mass is 583 g/mol. The van der Waals surface area contributed by atoms with E-state index in [9.17, 15) is 32.9 Å². The lowest BCUT2D eigenvalue weighted by Gasteiger charge is -2.35. The number of alkyl halides is 2. The number of imide groups is 1. The summed E-state index contributed by atoms with van der Waals surface area (Å²) < 4.78 is 39.1. The van der Waals surface area contributed by atoms with Gasteiger partial charge in [-0.05, 0) is 42.7 Å². The van der Waals surface area contributed by atoms with Gasteiger partial charge in [-0.1, -0.05) is 35.9 Å². The molecular weight excluding hydrogens is 559 g/mol. The average Bonchev–Trinajstić information content (AvgIpc) is 3.22. The number of hydrogen-bond acceptors (Lipinski definition) is 7. The molecule has 39 heavy (non-hydrogen) atoms. The van der Waals surface area contributed by atoms with Crippen molar-refractivity contribution in [3.05, 3.63) is 69.7 Å². The van der Waals surface area contributed by atoms with Crippen LogP contribution in [-0.2, 0) is 42.4 Å². The zero-order chi connectivity index (χ0) is 28.3. The van der Waals surface area contributed by atoms with Crippen LogP contribution >= 0.6 is 20.2 Å². The Labute approximate surface area is 228 Å². The smallest absolute Gasteiger partial charge is 0.346 e. The van der Waals surface area contributed by atoms with Crippen molar-refractivity contribution in [3.63, 3.8) is 0 Å². The van der Waals surface area contributed by atoms with Gasteiger partial charge in [-0.3, -0.25) is 28.6 Å². The van der Waals surface area contributed by atoms with Gasteiger partial charge in [-0.25, -0.2) is 0 Å². The summed E-state index contributed by atoms with van der Waals surface area (Å²) in [5.41, 5.74) is 0.873. The number of fused-ring (bicyclic) bond motifs is 1. The van der Waals surface area contributed by atoms with Crippen molar-refractivity contribution < 1.29 is 41.9 Å². The first-order valence-corrected chi connectivity index (χ1v) is 13.5. The molecule has 0 bridgehead atoms. The summed E-state index contributed by atoms with van der Waals surface area (Å²) in [7, 11) is -2.26. The third-order valence-electron chi connectivity index (χ3n) is 6.34. The molecule has 0 aliphatic carbocycles. The van der Waals surface area contributed by atoms with E-state index in [-0.39, 0.29) is 37.6 Å². The van der Waals surface area contributed by atoms with E-state index < -0.39 is 56.5 Å². The molecule has 14 heteroatoms. The van der Waals surface area contributed by atoms with E-state index in [4.69, 9.17) is 20.6 Å². The number of nitrogens with one attached hydrogen (secondary N) is 1. The van der Waals surface area contributed by atoms with Crippen LogP contribution in [0.4, 0.5) is 8.78 Å². The van der Waals surface area contributed by atoms with Crippen molar-refractivity contribution in [1.29, 1.82) is 0 Å². The second-order valence-electron chi connectivity index (χ2n) is 8.82. The van der Waals surface area contributed by atoms with Crippen LogP contribution in [0.25, 0.3) is 0 Å². The van der Waals surface area contributed by atoms with Crippen molar-refractivity contribution in [2.45, 2.75) is 44.8 Å². The van der Waals surface area contributed by atoms with Gasteiger partial charge in [0.1, 0.15) is 12.8 Å². The van der Waals surface area contributed by atoms with E-state index in [0.29, 0.717) is 16.7 Å². The first kappa shape index (κ1) is 29.0. The Morgan fingerprint density at radius 3 is 2.59 bits per heavy atom. The van der Waals surface area contributed by atoms with Gasteiger partial charge in [-0.2, -0.15) is 8.78 Å². The van der Waals surface area contributed by atoms with Crippen molar-refractivity contribution in [3.8, 4) is 0 Å². The van der Waals surface area contributed by atoms with Crippen molar-refractivity contribution in [2.75, 3.05) is 13.3 Å². The van der Waals surface area contributed by atoms with Crippen LogP contribution in [-0.4, -0.2) is 57.7 Å². The highest BCUT2D eigenvalue weighted by molar-refractivity contribution is 7.40. The first-order valence-electron chi connectivity index (χ1n) is 12.0. The maximum Gasteiger partial charge on any atom is 0.349 e. The molecule has 208 valence electrons. The lowest BCUT2D eigenvalue weighted by atomic mass is 10.0. The number of amides is 4. The molecule has 2 aliphatic rings. The quantitative estimate of drug-likeness (QED) is 0.324. The molecule has 4 amide bonds. The molecule has 0 saturated carbocycles. The Morgan fingerprint density at radius 2 is 1.90 bits per heavy atom. The Kier molecular flexibility index (Phi) is 8.93. The fourth-order valence-corrected chi connectivity index (χ4v) is 4.98. The molecule has 0 radical (unpaired) electrons.